The molecule has 130 valence electrons. The summed E-state index contributed by atoms with van der Waals surface area (Å²) in [4.78, 5) is 8.87. The minimum atomic E-state index is 0.760. The maximum Gasteiger partial charge on any atom is 0.168 e. The van der Waals surface area contributed by atoms with Crippen molar-refractivity contribution in [2.75, 3.05) is 5.32 Å². The Morgan fingerprint density at radius 1 is 1.00 bits per heavy atom. The lowest BCUT2D eigenvalue weighted by atomic mass is 10.1. The first-order valence-corrected chi connectivity index (χ1v) is 8.78. The largest absolute Gasteiger partial charge is 0.340 e. The first-order chi connectivity index (χ1) is 12.7. The van der Waals surface area contributed by atoms with Gasteiger partial charge in [0, 0.05) is 5.69 Å². The molecule has 0 unspecified atom stereocenters. The maximum atomic E-state index is 4.56. The van der Waals surface area contributed by atoms with Crippen molar-refractivity contribution in [1.29, 1.82) is 0 Å². The summed E-state index contributed by atoms with van der Waals surface area (Å²) in [5.74, 6) is 0.760. The molecule has 5 heteroatoms. The molecule has 0 fully saturated rings. The fourth-order valence-electron chi connectivity index (χ4n) is 3.12. The zero-order valence-electron chi connectivity index (χ0n) is 15.2. The normalized spacial score (nSPS) is 11.0. The first-order valence-electron chi connectivity index (χ1n) is 8.78. The van der Waals surface area contributed by atoms with Crippen molar-refractivity contribution in [2.45, 2.75) is 27.2 Å². The van der Waals surface area contributed by atoms with Crippen molar-refractivity contribution >= 4 is 22.5 Å². The second-order valence-electron chi connectivity index (χ2n) is 6.48. The lowest BCUT2D eigenvalue weighted by Gasteiger charge is -2.09. The number of nitrogens with zero attached hydrogens (tertiary/aromatic N) is 4. The van der Waals surface area contributed by atoms with Crippen LogP contribution in [-0.4, -0.2) is 19.7 Å². The second kappa shape index (κ2) is 6.59. The van der Waals surface area contributed by atoms with Gasteiger partial charge in [-0.25, -0.2) is 14.6 Å². The van der Waals surface area contributed by atoms with Gasteiger partial charge in [-0.3, -0.25) is 0 Å². The van der Waals surface area contributed by atoms with E-state index in [0.717, 1.165) is 34.6 Å². The van der Waals surface area contributed by atoms with E-state index in [1.54, 1.807) is 6.33 Å². The summed E-state index contributed by atoms with van der Waals surface area (Å²) < 4.78 is 1.87. The number of hydrogen-bond acceptors (Lipinski definition) is 4. The van der Waals surface area contributed by atoms with E-state index in [4.69, 9.17) is 0 Å². The van der Waals surface area contributed by atoms with Crippen LogP contribution in [0.2, 0.25) is 0 Å². The zero-order chi connectivity index (χ0) is 18.1. The average Bonchev–Trinajstić information content (AvgIpc) is 3.07. The van der Waals surface area contributed by atoms with Crippen LogP contribution in [0, 0.1) is 13.8 Å². The summed E-state index contributed by atoms with van der Waals surface area (Å²) in [6.45, 7) is 6.33. The van der Waals surface area contributed by atoms with E-state index >= 15 is 0 Å². The van der Waals surface area contributed by atoms with E-state index < -0.39 is 0 Å². The number of hydrogen-bond donors (Lipinski definition) is 1. The third-order valence-corrected chi connectivity index (χ3v) is 4.57. The summed E-state index contributed by atoms with van der Waals surface area (Å²) in [5, 5.41) is 8.84. The van der Waals surface area contributed by atoms with Crippen molar-refractivity contribution in [1.82, 2.24) is 19.7 Å². The molecule has 0 saturated heterocycles. The lowest BCUT2D eigenvalue weighted by molar-refractivity contribution is 0.886. The number of aryl methyl sites for hydroxylation is 3. The van der Waals surface area contributed by atoms with Crippen LogP contribution in [0.5, 0.6) is 0 Å². The highest BCUT2D eigenvalue weighted by molar-refractivity contribution is 5.89. The molecule has 0 saturated carbocycles. The standard InChI is InChI=1S/C21H21N5/c1-4-16-6-8-17(9-7-16)25-20-18-12-24-26(21(18)23-13-22-20)19-10-5-14(2)11-15(19)3/h5-13H,4H2,1-3H3,(H,22,23,25). The summed E-state index contributed by atoms with van der Waals surface area (Å²) in [6.07, 6.45) is 4.42. The molecule has 0 spiro atoms. The fraction of sp³-hybridized carbons (Fsp3) is 0.190. The third kappa shape index (κ3) is 2.92. The van der Waals surface area contributed by atoms with E-state index in [0.29, 0.717) is 0 Å². The van der Waals surface area contributed by atoms with E-state index in [-0.39, 0.29) is 0 Å². The van der Waals surface area contributed by atoms with Gasteiger partial charge in [0.1, 0.15) is 12.1 Å². The van der Waals surface area contributed by atoms with Gasteiger partial charge in [0.15, 0.2) is 5.65 Å². The first kappa shape index (κ1) is 16.3. The van der Waals surface area contributed by atoms with Gasteiger partial charge in [-0.1, -0.05) is 36.8 Å². The molecule has 1 N–H and O–H groups in total. The quantitative estimate of drug-likeness (QED) is 0.581. The van der Waals surface area contributed by atoms with Gasteiger partial charge in [0.2, 0.25) is 0 Å². The topological polar surface area (TPSA) is 55.6 Å². The molecule has 2 heterocycles. The molecule has 0 radical (unpaired) electrons. The smallest absolute Gasteiger partial charge is 0.168 e. The molecule has 4 rings (SSSR count). The van der Waals surface area contributed by atoms with E-state index in [9.17, 15) is 0 Å². The van der Waals surface area contributed by atoms with Gasteiger partial charge < -0.3 is 5.32 Å². The van der Waals surface area contributed by atoms with Gasteiger partial charge in [0.25, 0.3) is 0 Å². The van der Waals surface area contributed by atoms with Crippen LogP contribution in [0.15, 0.2) is 55.0 Å². The van der Waals surface area contributed by atoms with Crippen molar-refractivity contribution in [3.05, 3.63) is 71.7 Å². The molecule has 0 aliphatic carbocycles. The van der Waals surface area contributed by atoms with Crippen molar-refractivity contribution in [3.8, 4) is 5.69 Å². The van der Waals surface area contributed by atoms with Crippen molar-refractivity contribution in [2.24, 2.45) is 0 Å². The van der Waals surface area contributed by atoms with Crippen LogP contribution >= 0.6 is 0 Å². The molecular weight excluding hydrogens is 322 g/mol. The van der Waals surface area contributed by atoms with Crippen LogP contribution in [0.4, 0.5) is 11.5 Å². The Balaban J connectivity index is 1.75. The SMILES string of the molecule is CCc1ccc(Nc2ncnc3c2cnn3-c2ccc(C)cc2C)cc1. The monoisotopic (exact) mass is 343 g/mol. The van der Waals surface area contributed by atoms with Gasteiger partial charge in [-0.2, -0.15) is 5.10 Å². The predicted molar refractivity (Wildman–Crippen MR) is 105 cm³/mol. The second-order valence-corrected chi connectivity index (χ2v) is 6.48. The summed E-state index contributed by atoms with van der Waals surface area (Å²) in [5.41, 5.74) is 6.53. The highest BCUT2D eigenvalue weighted by atomic mass is 15.3. The van der Waals surface area contributed by atoms with Gasteiger partial charge in [-0.05, 0) is 49.6 Å². The Morgan fingerprint density at radius 2 is 1.81 bits per heavy atom. The minimum Gasteiger partial charge on any atom is -0.340 e. The zero-order valence-corrected chi connectivity index (χ0v) is 15.2. The maximum absolute atomic E-state index is 4.56. The summed E-state index contributed by atoms with van der Waals surface area (Å²) in [7, 11) is 0. The minimum absolute atomic E-state index is 0.760. The molecule has 4 aromatic rings. The molecule has 2 aromatic heterocycles. The number of nitrogens with one attached hydrogen (secondary N) is 1. The Kier molecular flexibility index (Phi) is 4.13. The number of aromatic nitrogens is 4. The molecule has 0 bridgehead atoms. The highest BCUT2D eigenvalue weighted by Gasteiger charge is 2.12. The third-order valence-electron chi connectivity index (χ3n) is 4.57. The van der Waals surface area contributed by atoms with Crippen LogP contribution in [0.25, 0.3) is 16.7 Å². The average molecular weight is 343 g/mol. The van der Waals surface area contributed by atoms with E-state index in [1.165, 1.54) is 16.7 Å². The van der Waals surface area contributed by atoms with Crippen molar-refractivity contribution < 1.29 is 0 Å². The molecule has 0 atom stereocenters. The molecule has 5 nitrogen and oxygen atoms in total. The number of benzene rings is 2. The Bertz CT molecular complexity index is 1060. The summed E-state index contributed by atoms with van der Waals surface area (Å²) in [6, 6.07) is 14.7. The number of rotatable bonds is 4. The predicted octanol–water partition coefficient (Wildman–Crippen LogP) is 4.74. The highest BCUT2D eigenvalue weighted by Crippen LogP contribution is 2.26. The Morgan fingerprint density at radius 3 is 2.54 bits per heavy atom. The van der Waals surface area contributed by atoms with Gasteiger partial charge in [-0.15, -0.1) is 0 Å². The molecule has 26 heavy (non-hydrogen) atoms. The molecular formula is C21H21N5. The van der Waals surface area contributed by atoms with Crippen LogP contribution in [0.3, 0.4) is 0 Å². The van der Waals surface area contributed by atoms with Gasteiger partial charge in [0.05, 0.1) is 17.3 Å². The molecule has 0 amide bonds. The van der Waals surface area contributed by atoms with E-state index in [1.807, 2.05) is 10.9 Å². The van der Waals surface area contributed by atoms with Crippen LogP contribution < -0.4 is 5.32 Å². The molecule has 0 aliphatic rings. The van der Waals surface area contributed by atoms with Gasteiger partial charge >= 0.3 is 0 Å². The Hall–Kier alpha value is -3.21. The Labute approximate surface area is 152 Å². The number of fused-ring (bicyclic) bond motifs is 1. The number of anilines is 2. The summed E-state index contributed by atoms with van der Waals surface area (Å²) >= 11 is 0. The molecule has 2 aromatic carbocycles. The van der Waals surface area contributed by atoms with Crippen molar-refractivity contribution in [3.63, 3.8) is 0 Å². The van der Waals surface area contributed by atoms with Crippen LogP contribution in [-0.2, 0) is 6.42 Å². The lowest BCUT2D eigenvalue weighted by Crippen LogP contribution is -2.01. The fourth-order valence-corrected chi connectivity index (χ4v) is 3.12. The molecule has 0 aliphatic heterocycles. The van der Waals surface area contributed by atoms with E-state index in [2.05, 4.69) is 83.6 Å². The van der Waals surface area contributed by atoms with Crippen LogP contribution in [0.1, 0.15) is 23.6 Å².